The van der Waals surface area contributed by atoms with Crippen LogP contribution in [-0.4, -0.2) is 16.4 Å². The molecule has 1 radical (unpaired) electrons. The van der Waals surface area contributed by atoms with E-state index in [0.29, 0.717) is 10.5 Å². The molecule has 2 rings (SSSR count). The Balaban J connectivity index is 1.78. The van der Waals surface area contributed by atoms with Gasteiger partial charge in [0.1, 0.15) is 0 Å². The number of aliphatic imine (C=N–C) groups is 1. The summed E-state index contributed by atoms with van der Waals surface area (Å²) < 4.78 is 0. The van der Waals surface area contributed by atoms with Crippen molar-refractivity contribution in [3.63, 3.8) is 0 Å². The highest BCUT2D eigenvalue weighted by Gasteiger charge is 2.31. The van der Waals surface area contributed by atoms with E-state index in [0.717, 1.165) is 19.3 Å². The van der Waals surface area contributed by atoms with Gasteiger partial charge in [-0.2, -0.15) is 15.8 Å². The maximum Gasteiger partial charge on any atom is 0.251 e. The Bertz CT molecular complexity index is 276. The molecule has 1 N–H and O–H groups in total. The van der Waals surface area contributed by atoms with Crippen LogP contribution in [0.5, 0.6) is 0 Å². The Hall–Kier alpha value is -0.550. The molecule has 0 aromatic carbocycles. The third kappa shape index (κ3) is 3.21. The van der Waals surface area contributed by atoms with Gasteiger partial charge < -0.3 is 0 Å². The van der Waals surface area contributed by atoms with E-state index < -0.39 is 0 Å². The maximum atomic E-state index is 11.4. The minimum Gasteiger partial charge on any atom is -0.272 e. The molecule has 2 aliphatic rings. The van der Waals surface area contributed by atoms with E-state index in [1.165, 1.54) is 12.8 Å². The molecule has 0 bridgehead atoms. The number of carbonyl (C=O) groups is 1. The van der Waals surface area contributed by atoms with Gasteiger partial charge in [0.15, 0.2) is 0 Å². The molecule has 1 atom stereocenters. The van der Waals surface area contributed by atoms with Gasteiger partial charge in [-0.1, -0.05) is 31.5 Å². The van der Waals surface area contributed by atoms with Crippen LogP contribution in [0.15, 0.2) is 4.99 Å². The number of amidine groups is 1. The number of amides is 1. The van der Waals surface area contributed by atoms with Crippen LogP contribution in [0.2, 0.25) is 0 Å². The molecule has 1 aliphatic heterocycles. The molecular formula is C10H16N3OS. The van der Waals surface area contributed by atoms with E-state index in [4.69, 9.17) is 0 Å². The van der Waals surface area contributed by atoms with Crippen molar-refractivity contribution in [1.82, 2.24) is 10.9 Å². The summed E-state index contributed by atoms with van der Waals surface area (Å²) in [4.78, 5) is 15.4. The summed E-state index contributed by atoms with van der Waals surface area (Å²) in [6.45, 7) is 2.17. The number of carbonyl (C=O) groups excluding carboxylic acids is 1. The number of nitrogens with zero attached hydrogens (tertiary/aromatic N) is 2. The van der Waals surface area contributed by atoms with Crippen molar-refractivity contribution >= 4 is 22.8 Å². The van der Waals surface area contributed by atoms with E-state index >= 15 is 0 Å². The van der Waals surface area contributed by atoms with Gasteiger partial charge in [0.25, 0.3) is 5.91 Å². The summed E-state index contributed by atoms with van der Waals surface area (Å²) in [5.41, 5.74) is 7.07. The van der Waals surface area contributed by atoms with Gasteiger partial charge in [0.05, 0.1) is 5.37 Å². The zero-order chi connectivity index (χ0) is 10.7. The highest BCUT2D eigenvalue weighted by atomic mass is 32.2. The molecule has 1 saturated heterocycles. The first-order chi connectivity index (χ1) is 7.29. The number of rotatable bonds is 4. The fourth-order valence-corrected chi connectivity index (χ4v) is 2.28. The highest BCUT2D eigenvalue weighted by Crippen LogP contribution is 2.31. The van der Waals surface area contributed by atoms with Crippen LogP contribution in [0, 0.1) is 5.92 Å². The van der Waals surface area contributed by atoms with Crippen molar-refractivity contribution in [3.05, 3.63) is 0 Å². The molecule has 0 aromatic heterocycles. The van der Waals surface area contributed by atoms with Crippen molar-refractivity contribution in [2.24, 2.45) is 10.9 Å². The summed E-state index contributed by atoms with van der Waals surface area (Å²) in [5.74, 6) is 0.210. The van der Waals surface area contributed by atoms with Crippen LogP contribution in [-0.2, 0) is 4.79 Å². The summed E-state index contributed by atoms with van der Waals surface area (Å²) in [6, 6.07) is 0. The molecule has 1 aliphatic carbocycles. The van der Waals surface area contributed by atoms with E-state index in [-0.39, 0.29) is 11.8 Å². The second kappa shape index (κ2) is 4.99. The van der Waals surface area contributed by atoms with Gasteiger partial charge in [-0.25, -0.2) is 0 Å². The lowest BCUT2D eigenvalue weighted by molar-refractivity contribution is -0.118. The summed E-state index contributed by atoms with van der Waals surface area (Å²) in [5, 5.41) is 0.934. The topological polar surface area (TPSA) is 55.6 Å². The van der Waals surface area contributed by atoms with Crippen LogP contribution >= 0.6 is 11.8 Å². The standard InChI is InChI=1S/C10H16N3OS/c1-2-3-4-8-12-13-10(15-8)11-9(14)7-5-6-7/h7-8,12H,2-6H2,1H3. The van der Waals surface area contributed by atoms with E-state index in [1.807, 2.05) is 0 Å². The SMILES string of the molecule is CCCCC1N[N]C(=NC(=O)C2CC2)S1. The average molecular weight is 226 g/mol. The fraction of sp³-hybridized carbons (Fsp3) is 0.800. The summed E-state index contributed by atoms with van der Waals surface area (Å²) in [6.07, 6.45) is 5.47. The lowest BCUT2D eigenvalue weighted by Crippen LogP contribution is -2.25. The molecule has 15 heavy (non-hydrogen) atoms. The van der Waals surface area contributed by atoms with Crippen molar-refractivity contribution in [2.45, 2.75) is 44.4 Å². The van der Waals surface area contributed by atoms with Crippen LogP contribution in [0.25, 0.3) is 0 Å². The Morgan fingerprint density at radius 2 is 2.47 bits per heavy atom. The predicted molar refractivity (Wildman–Crippen MR) is 61.3 cm³/mol. The quantitative estimate of drug-likeness (QED) is 0.793. The molecule has 0 aromatic rings. The van der Waals surface area contributed by atoms with Crippen LogP contribution < -0.4 is 10.9 Å². The number of unbranched alkanes of at least 4 members (excludes halogenated alkanes) is 1. The Morgan fingerprint density at radius 3 is 3.13 bits per heavy atom. The summed E-state index contributed by atoms with van der Waals surface area (Å²) >= 11 is 1.58. The molecule has 0 spiro atoms. The predicted octanol–water partition coefficient (Wildman–Crippen LogP) is 1.65. The second-order valence-corrected chi connectivity index (χ2v) is 5.17. The lowest BCUT2D eigenvalue weighted by Gasteiger charge is -2.03. The molecule has 1 heterocycles. The minimum atomic E-state index is 0.0131. The monoisotopic (exact) mass is 226 g/mol. The molecule has 1 unspecified atom stereocenters. The first-order valence-corrected chi connectivity index (χ1v) is 6.43. The first kappa shape index (κ1) is 11.0. The second-order valence-electron chi connectivity index (χ2n) is 4.00. The zero-order valence-electron chi connectivity index (χ0n) is 8.90. The zero-order valence-corrected chi connectivity index (χ0v) is 9.72. The molecule has 2 fully saturated rings. The number of thioether (sulfide) groups is 1. The van der Waals surface area contributed by atoms with Crippen LogP contribution in [0.3, 0.4) is 0 Å². The maximum absolute atomic E-state index is 11.4. The Kier molecular flexibility index (Phi) is 3.64. The van der Waals surface area contributed by atoms with Crippen molar-refractivity contribution in [1.29, 1.82) is 0 Å². The van der Waals surface area contributed by atoms with Crippen LogP contribution in [0.4, 0.5) is 0 Å². The normalized spacial score (nSPS) is 28.1. The Morgan fingerprint density at radius 1 is 1.67 bits per heavy atom. The van der Waals surface area contributed by atoms with Gasteiger partial charge in [-0.05, 0) is 19.3 Å². The smallest absolute Gasteiger partial charge is 0.251 e. The van der Waals surface area contributed by atoms with Crippen molar-refractivity contribution in [3.8, 4) is 0 Å². The van der Waals surface area contributed by atoms with E-state index in [1.54, 1.807) is 11.8 Å². The average Bonchev–Trinajstić information content (AvgIpc) is 2.99. The van der Waals surface area contributed by atoms with Crippen LogP contribution in [0.1, 0.15) is 39.0 Å². The minimum absolute atomic E-state index is 0.0131. The largest absolute Gasteiger partial charge is 0.272 e. The first-order valence-electron chi connectivity index (χ1n) is 5.55. The molecule has 4 nitrogen and oxygen atoms in total. The number of nitrogens with one attached hydrogen (secondary N) is 1. The van der Waals surface area contributed by atoms with Gasteiger partial charge >= 0.3 is 0 Å². The van der Waals surface area contributed by atoms with Gasteiger partial charge in [-0.3, -0.25) is 4.79 Å². The van der Waals surface area contributed by atoms with Crippen molar-refractivity contribution in [2.75, 3.05) is 0 Å². The molecule has 1 saturated carbocycles. The van der Waals surface area contributed by atoms with Gasteiger partial charge in [0.2, 0.25) is 5.17 Å². The van der Waals surface area contributed by atoms with Gasteiger partial charge in [-0.15, -0.1) is 0 Å². The number of hydrogen-bond donors (Lipinski definition) is 1. The van der Waals surface area contributed by atoms with E-state index in [2.05, 4.69) is 22.8 Å². The fourth-order valence-electron chi connectivity index (χ4n) is 1.39. The third-order valence-corrected chi connectivity index (χ3v) is 3.52. The van der Waals surface area contributed by atoms with Gasteiger partial charge in [0, 0.05) is 5.92 Å². The molecular weight excluding hydrogens is 210 g/mol. The lowest BCUT2D eigenvalue weighted by atomic mass is 10.2. The van der Waals surface area contributed by atoms with E-state index in [9.17, 15) is 4.79 Å². The van der Waals surface area contributed by atoms with Crippen molar-refractivity contribution < 1.29 is 4.79 Å². The molecule has 83 valence electrons. The summed E-state index contributed by atoms with van der Waals surface area (Å²) in [7, 11) is 0. The molecule has 1 amide bonds. The third-order valence-electron chi connectivity index (χ3n) is 2.50. The molecule has 5 heteroatoms. The number of hydrogen-bond acceptors (Lipinski definition) is 3. The highest BCUT2D eigenvalue weighted by molar-refractivity contribution is 8.14. The Labute approximate surface area is 94.3 Å².